The van der Waals surface area contributed by atoms with Crippen molar-refractivity contribution in [1.82, 2.24) is 0 Å². The van der Waals surface area contributed by atoms with Crippen molar-refractivity contribution in [3.63, 3.8) is 0 Å². The van der Waals surface area contributed by atoms with Crippen molar-refractivity contribution in [2.45, 2.75) is 59.1 Å². The molecule has 0 aromatic heterocycles. The Bertz CT molecular complexity index is 221. The van der Waals surface area contributed by atoms with Gasteiger partial charge < -0.3 is 20.4 Å². The van der Waals surface area contributed by atoms with Crippen LogP contribution in [0.4, 0.5) is 0 Å². The molecule has 6 nitrogen and oxygen atoms in total. The summed E-state index contributed by atoms with van der Waals surface area (Å²) < 4.78 is 0.875. The van der Waals surface area contributed by atoms with E-state index in [2.05, 4.69) is 20.8 Å². The van der Waals surface area contributed by atoms with Gasteiger partial charge in [-0.25, -0.2) is 0 Å². The van der Waals surface area contributed by atoms with Gasteiger partial charge in [0, 0.05) is 12.3 Å². The first-order valence-corrected chi connectivity index (χ1v) is 7.84. The molecule has 0 aromatic carbocycles. The van der Waals surface area contributed by atoms with Crippen LogP contribution in [0.2, 0.25) is 0 Å². The van der Waals surface area contributed by atoms with Gasteiger partial charge in [0.05, 0.1) is 24.7 Å². The molecule has 0 saturated heterocycles. The Kier molecular flexibility index (Phi) is 14.5. The molecule has 0 fully saturated rings. The quantitative estimate of drug-likeness (QED) is 0.221. The molecule has 1 N–H and O–H groups in total. The second kappa shape index (κ2) is 13.4. The fourth-order valence-electron chi connectivity index (χ4n) is 2.65. The Labute approximate surface area is 127 Å². The number of halogens is 1. The zero-order valence-corrected chi connectivity index (χ0v) is 13.6. The second-order valence-electron chi connectivity index (χ2n) is 4.92. The highest BCUT2D eigenvalue weighted by Gasteiger charge is 2.32. The van der Waals surface area contributed by atoms with E-state index in [1.165, 1.54) is 0 Å². The Morgan fingerprint density at radius 1 is 1.10 bits per heavy atom. The standard InChI is InChI=1S/C13H29ClNO.NO3/c1-4-10-15(11-5-2,12-6-3)13(16)8-7-9-14;2-1(3)4/h13,16H,4-12H2,1-3H3;/q+1;-1. The average Bonchev–Trinajstić information content (AvgIpc) is 2.36. The van der Waals surface area contributed by atoms with Gasteiger partial charge in [0.1, 0.15) is 0 Å². The van der Waals surface area contributed by atoms with Crippen LogP contribution in [0.25, 0.3) is 0 Å². The van der Waals surface area contributed by atoms with Gasteiger partial charge in [0.25, 0.3) is 0 Å². The molecule has 1 atom stereocenters. The third-order valence-electron chi connectivity index (χ3n) is 3.24. The molecule has 0 aliphatic heterocycles. The average molecular weight is 313 g/mol. The number of hydrogen-bond acceptors (Lipinski definition) is 4. The molecule has 0 radical (unpaired) electrons. The van der Waals surface area contributed by atoms with Gasteiger partial charge in [-0.3, -0.25) is 4.48 Å². The lowest BCUT2D eigenvalue weighted by molar-refractivity contribution is -0.971. The molecule has 0 saturated carbocycles. The van der Waals surface area contributed by atoms with E-state index in [9.17, 15) is 5.11 Å². The number of aliphatic hydroxyl groups excluding tert-OH is 1. The monoisotopic (exact) mass is 312 g/mol. The predicted molar refractivity (Wildman–Crippen MR) is 82.1 cm³/mol. The molecule has 0 aromatic rings. The summed E-state index contributed by atoms with van der Waals surface area (Å²) in [5, 5.41) is 25.1. The molecule has 122 valence electrons. The van der Waals surface area contributed by atoms with E-state index in [0.717, 1.165) is 56.2 Å². The van der Waals surface area contributed by atoms with Crippen molar-refractivity contribution in [2.24, 2.45) is 0 Å². The smallest absolute Gasteiger partial charge is 0.190 e. The zero-order chi connectivity index (χ0) is 16.0. The molecule has 0 aliphatic carbocycles. The normalized spacial score (nSPS) is 12.4. The summed E-state index contributed by atoms with van der Waals surface area (Å²) in [6.45, 7) is 9.87. The number of alkyl halides is 1. The molecular formula is C13H29ClN2O4. The van der Waals surface area contributed by atoms with Crippen molar-refractivity contribution in [2.75, 3.05) is 25.5 Å². The lowest BCUT2D eigenvalue weighted by Crippen LogP contribution is -2.56. The third kappa shape index (κ3) is 10.2. The lowest BCUT2D eigenvalue weighted by Gasteiger charge is -2.42. The number of rotatable bonds is 10. The topological polar surface area (TPSA) is 86.4 Å². The maximum absolute atomic E-state index is 10.4. The Hall–Kier alpha value is -0.590. The zero-order valence-electron chi connectivity index (χ0n) is 12.9. The molecule has 0 spiro atoms. The summed E-state index contributed by atoms with van der Waals surface area (Å²) in [4.78, 5) is 8.25. The highest BCUT2D eigenvalue weighted by atomic mass is 35.5. The van der Waals surface area contributed by atoms with Crippen LogP contribution >= 0.6 is 11.6 Å². The van der Waals surface area contributed by atoms with Gasteiger partial charge in [0.2, 0.25) is 0 Å². The minimum absolute atomic E-state index is 0.224. The van der Waals surface area contributed by atoms with E-state index in [4.69, 9.17) is 26.9 Å². The summed E-state index contributed by atoms with van der Waals surface area (Å²) in [5.41, 5.74) is 0. The van der Waals surface area contributed by atoms with Crippen LogP contribution in [0.15, 0.2) is 0 Å². The lowest BCUT2D eigenvalue weighted by atomic mass is 10.1. The number of quaternary nitrogens is 1. The molecule has 0 heterocycles. The Morgan fingerprint density at radius 2 is 1.45 bits per heavy atom. The minimum Gasteiger partial charge on any atom is -0.356 e. The molecule has 0 bridgehead atoms. The number of hydrogen-bond donors (Lipinski definition) is 1. The first kappa shape index (κ1) is 21.7. The molecule has 20 heavy (non-hydrogen) atoms. The van der Waals surface area contributed by atoms with E-state index < -0.39 is 5.09 Å². The largest absolute Gasteiger partial charge is 0.356 e. The molecule has 0 amide bonds. The van der Waals surface area contributed by atoms with Gasteiger partial charge in [0.15, 0.2) is 6.23 Å². The van der Waals surface area contributed by atoms with E-state index >= 15 is 0 Å². The molecular weight excluding hydrogens is 284 g/mol. The van der Waals surface area contributed by atoms with Crippen LogP contribution in [0.3, 0.4) is 0 Å². The van der Waals surface area contributed by atoms with Gasteiger partial charge in [-0.2, -0.15) is 0 Å². The van der Waals surface area contributed by atoms with Gasteiger partial charge in [-0.1, -0.05) is 20.8 Å². The molecule has 7 heteroatoms. The fourth-order valence-corrected chi connectivity index (χ4v) is 2.81. The summed E-state index contributed by atoms with van der Waals surface area (Å²) in [5.74, 6) is 0.654. The van der Waals surface area contributed by atoms with Crippen molar-refractivity contribution >= 4 is 11.6 Å². The number of aliphatic hydroxyl groups is 1. The van der Waals surface area contributed by atoms with Crippen molar-refractivity contribution in [1.29, 1.82) is 0 Å². The molecule has 0 aliphatic rings. The van der Waals surface area contributed by atoms with E-state index in [1.54, 1.807) is 0 Å². The maximum Gasteiger partial charge on any atom is 0.190 e. The fraction of sp³-hybridized carbons (Fsp3) is 1.00. The van der Waals surface area contributed by atoms with Crippen molar-refractivity contribution < 1.29 is 14.7 Å². The van der Waals surface area contributed by atoms with Gasteiger partial charge in [-0.05, 0) is 25.7 Å². The predicted octanol–water partition coefficient (Wildman–Crippen LogP) is 3.13. The molecule has 0 rings (SSSR count). The van der Waals surface area contributed by atoms with Crippen LogP contribution in [-0.2, 0) is 0 Å². The summed E-state index contributed by atoms with van der Waals surface area (Å²) >= 11 is 5.71. The molecule has 1 unspecified atom stereocenters. The van der Waals surface area contributed by atoms with Crippen LogP contribution in [0, 0.1) is 15.3 Å². The van der Waals surface area contributed by atoms with Crippen LogP contribution in [0.5, 0.6) is 0 Å². The first-order chi connectivity index (χ1) is 9.40. The van der Waals surface area contributed by atoms with E-state index in [1.807, 2.05) is 0 Å². The van der Waals surface area contributed by atoms with Crippen LogP contribution in [0.1, 0.15) is 52.9 Å². The highest BCUT2D eigenvalue weighted by molar-refractivity contribution is 6.17. The van der Waals surface area contributed by atoms with Crippen LogP contribution < -0.4 is 0 Å². The summed E-state index contributed by atoms with van der Waals surface area (Å²) in [7, 11) is 0. The minimum atomic E-state index is -1.75. The van der Waals surface area contributed by atoms with Crippen molar-refractivity contribution in [3.8, 4) is 0 Å². The number of nitrogens with zero attached hydrogens (tertiary/aromatic N) is 2. The summed E-state index contributed by atoms with van der Waals surface area (Å²) in [6, 6.07) is 0. The summed E-state index contributed by atoms with van der Waals surface area (Å²) in [6.07, 6.45) is 4.94. The Morgan fingerprint density at radius 3 is 1.70 bits per heavy atom. The third-order valence-corrected chi connectivity index (χ3v) is 3.50. The van der Waals surface area contributed by atoms with Crippen molar-refractivity contribution in [3.05, 3.63) is 15.3 Å². The van der Waals surface area contributed by atoms with Crippen LogP contribution in [-0.4, -0.2) is 46.4 Å². The highest BCUT2D eigenvalue weighted by Crippen LogP contribution is 2.19. The van der Waals surface area contributed by atoms with E-state index in [-0.39, 0.29) is 6.23 Å². The maximum atomic E-state index is 10.4. The second-order valence-corrected chi connectivity index (χ2v) is 5.30. The first-order valence-electron chi connectivity index (χ1n) is 7.31. The van der Waals surface area contributed by atoms with Gasteiger partial charge >= 0.3 is 0 Å². The SMILES string of the molecule is CCC[N+](CCC)(CCC)C(O)CCCCl.O=[N+]([O-])[O-]. The van der Waals surface area contributed by atoms with E-state index in [0.29, 0.717) is 5.88 Å². The van der Waals surface area contributed by atoms with Gasteiger partial charge in [-0.15, -0.1) is 11.6 Å². The Balaban J connectivity index is 0.